The van der Waals surface area contributed by atoms with E-state index in [1.165, 1.54) is 11.3 Å². The van der Waals surface area contributed by atoms with Gasteiger partial charge in [0.1, 0.15) is 18.1 Å². The lowest BCUT2D eigenvalue weighted by atomic mass is 10.0. The Hall–Kier alpha value is -2.08. The molecule has 1 aromatic heterocycles. The first-order chi connectivity index (χ1) is 12.7. The Balaban J connectivity index is 1.55. The largest absolute Gasteiger partial charge is 0.486 e. The molecule has 0 spiro atoms. The Bertz CT molecular complexity index is 813. The lowest BCUT2D eigenvalue weighted by Crippen LogP contribution is -2.30. The van der Waals surface area contributed by atoms with Crippen molar-refractivity contribution in [2.75, 3.05) is 13.2 Å². The molecule has 26 heavy (non-hydrogen) atoms. The highest BCUT2D eigenvalue weighted by molar-refractivity contribution is 7.13. The quantitative estimate of drug-likeness (QED) is 0.831. The molecule has 1 aliphatic heterocycles. The van der Waals surface area contributed by atoms with Crippen molar-refractivity contribution in [3.8, 4) is 11.5 Å². The van der Waals surface area contributed by atoms with Crippen LogP contribution in [0.3, 0.4) is 0 Å². The Labute approximate surface area is 157 Å². The second-order valence-electron chi connectivity index (χ2n) is 6.96. The number of fused-ring (bicyclic) bond motifs is 1. The minimum atomic E-state index is -0.0193. The number of carbonyl (C=O) groups is 1. The van der Waals surface area contributed by atoms with E-state index in [2.05, 4.69) is 17.2 Å². The molecule has 1 unspecified atom stereocenters. The van der Waals surface area contributed by atoms with Gasteiger partial charge in [-0.25, -0.2) is 4.98 Å². The van der Waals surface area contributed by atoms with Gasteiger partial charge in [0, 0.05) is 0 Å². The smallest absolute Gasteiger partial charge is 0.263 e. The number of ether oxygens (including phenoxy) is 2. The first kappa shape index (κ1) is 17.3. The van der Waals surface area contributed by atoms with Crippen molar-refractivity contribution in [2.24, 2.45) is 5.92 Å². The fourth-order valence-corrected chi connectivity index (χ4v) is 4.42. The average molecular weight is 372 g/mol. The third-order valence-electron chi connectivity index (χ3n) is 4.82. The number of nitrogens with one attached hydrogen (secondary N) is 1. The number of hydrogen-bond acceptors (Lipinski definition) is 5. The molecule has 1 atom stereocenters. The van der Waals surface area contributed by atoms with Crippen molar-refractivity contribution < 1.29 is 14.3 Å². The third-order valence-corrected chi connectivity index (χ3v) is 6.03. The number of amides is 1. The zero-order valence-electron chi connectivity index (χ0n) is 15.2. The Kier molecular flexibility index (Phi) is 4.85. The first-order valence-corrected chi connectivity index (χ1v) is 10.1. The van der Waals surface area contributed by atoms with E-state index in [1.54, 1.807) is 0 Å². The molecule has 4 rings (SSSR count). The van der Waals surface area contributed by atoms with E-state index in [0.29, 0.717) is 19.1 Å². The van der Waals surface area contributed by atoms with E-state index in [0.717, 1.165) is 58.3 Å². The van der Waals surface area contributed by atoms with Crippen molar-refractivity contribution in [2.45, 2.75) is 45.6 Å². The van der Waals surface area contributed by atoms with Gasteiger partial charge in [-0.05, 0) is 56.2 Å². The summed E-state index contributed by atoms with van der Waals surface area (Å²) in [5, 5.41) is 4.29. The molecule has 2 heterocycles. The molecule has 1 aromatic carbocycles. The molecular formula is C20H24N2O3S. The topological polar surface area (TPSA) is 60.5 Å². The molecule has 1 saturated carbocycles. The van der Waals surface area contributed by atoms with Crippen LogP contribution in [-0.4, -0.2) is 24.1 Å². The maximum absolute atomic E-state index is 12.9. The molecule has 1 fully saturated rings. The standard InChI is InChI=1S/C20H24N2O3S/c1-3-4-17-21-12(2)19(26-17)20(23)22-18(13-5-6-13)14-7-8-15-16(11-14)25-10-9-24-15/h7-8,11,13,18H,3-6,9-10H2,1-2H3,(H,22,23). The molecule has 2 aromatic rings. The summed E-state index contributed by atoms with van der Waals surface area (Å²) >= 11 is 1.52. The minimum absolute atomic E-state index is 0.00875. The van der Waals surface area contributed by atoms with Crippen molar-refractivity contribution in [1.82, 2.24) is 10.3 Å². The first-order valence-electron chi connectivity index (χ1n) is 9.32. The van der Waals surface area contributed by atoms with E-state index in [9.17, 15) is 4.79 Å². The number of rotatable bonds is 6. The number of nitrogens with zero attached hydrogens (tertiary/aromatic N) is 1. The summed E-state index contributed by atoms with van der Waals surface area (Å²) < 4.78 is 11.3. The highest BCUT2D eigenvalue weighted by Gasteiger charge is 2.35. The van der Waals surface area contributed by atoms with E-state index in [-0.39, 0.29) is 11.9 Å². The van der Waals surface area contributed by atoms with Crippen LogP contribution < -0.4 is 14.8 Å². The SMILES string of the molecule is CCCc1nc(C)c(C(=O)NC(c2ccc3c(c2)OCCO3)C2CC2)s1. The average Bonchev–Trinajstić information content (AvgIpc) is 3.42. The number of thiazole rings is 1. The Morgan fingerprint density at radius 2 is 2.08 bits per heavy atom. The van der Waals surface area contributed by atoms with Crippen molar-refractivity contribution in [3.63, 3.8) is 0 Å². The summed E-state index contributed by atoms with van der Waals surface area (Å²) in [6.07, 6.45) is 4.24. The summed E-state index contributed by atoms with van der Waals surface area (Å²) in [7, 11) is 0. The number of benzene rings is 1. The number of hydrogen-bond donors (Lipinski definition) is 1. The molecular weight excluding hydrogens is 348 g/mol. The van der Waals surface area contributed by atoms with E-state index < -0.39 is 0 Å². The van der Waals surface area contributed by atoms with E-state index in [4.69, 9.17) is 9.47 Å². The molecule has 0 saturated heterocycles. The van der Waals surface area contributed by atoms with Gasteiger partial charge in [-0.1, -0.05) is 13.0 Å². The van der Waals surface area contributed by atoms with Gasteiger partial charge in [0.2, 0.25) is 0 Å². The Morgan fingerprint density at radius 3 is 2.81 bits per heavy atom. The van der Waals surface area contributed by atoms with Crippen LogP contribution in [0.2, 0.25) is 0 Å². The summed E-state index contributed by atoms with van der Waals surface area (Å²) in [5.41, 5.74) is 1.91. The summed E-state index contributed by atoms with van der Waals surface area (Å²) in [5.74, 6) is 2.02. The van der Waals surface area contributed by atoms with Crippen molar-refractivity contribution in [3.05, 3.63) is 39.3 Å². The second-order valence-corrected chi connectivity index (χ2v) is 8.05. The summed E-state index contributed by atoms with van der Waals surface area (Å²) in [4.78, 5) is 18.2. The summed E-state index contributed by atoms with van der Waals surface area (Å²) in [6.45, 7) is 5.19. The molecule has 6 heteroatoms. The maximum atomic E-state index is 12.9. The van der Waals surface area contributed by atoms with Crippen LogP contribution in [0.5, 0.6) is 11.5 Å². The highest BCUT2D eigenvalue weighted by atomic mass is 32.1. The number of carbonyl (C=O) groups excluding carboxylic acids is 1. The predicted octanol–water partition coefficient (Wildman–Crippen LogP) is 4.06. The molecule has 1 N–H and O–H groups in total. The van der Waals surface area contributed by atoms with Crippen molar-refractivity contribution in [1.29, 1.82) is 0 Å². The van der Waals surface area contributed by atoms with Crippen molar-refractivity contribution >= 4 is 17.2 Å². The minimum Gasteiger partial charge on any atom is -0.486 e. The zero-order valence-corrected chi connectivity index (χ0v) is 16.0. The fourth-order valence-electron chi connectivity index (χ4n) is 3.35. The predicted molar refractivity (Wildman–Crippen MR) is 101 cm³/mol. The lowest BCUT2D eigenvalue weighted by Gasteiger charge is -2.23. The normalized spacial score (nSPS) is 17.0. The van der Waals surface area contributed by atoms with Gasteiger partial charge in [0.25, 0.3) is 5.91 Å². The fraction of sp³-hybridized carbons (Fsp3) is 0.500. The lowest BCUT2D eigenvalue weighted by molar-refractivity contribution is 0.0934. The molecule has 2 aliphatic rings. The van der Waals surface area contributed by atoms with Gasteiger partial charge < -0.3 is 14.8 Å². The maximum Gasteiger partial charge on any atom is 0.263 e. The third kappa shape index (κ3) is 3.56. The van der Waals surface area contributed by atoms with Crippen LogP contribution in [0.25, 0.3) is 0 Å². The molecule has 138 valence electrons. The molecule has 0 bridgehead atoms. The Morgan fingerprint density at radius 1 is 1.31 bits per heavy atom. The van der Waals surface area contributed by atoms with Crippen LogP contribution in [0, 0.1) is 12.8 Å². The van der Waals surface area contributed by atoms with Gasteiger partial charge >= 0.3 is 0 Å². The number of aryl methyl sites for hydroxylation is 2. The van der Waals surface area contributed by atoms with Gasteiger partial charge in [0.05, 0.1) is 16.7 Å². The molecule has 5 nitrogen and oxygen atoms in total. The van der Waals surface area contributed by atoms with Crippen LogP contribution >= 0.6 is 11.3 Å². The molecule has 1 aliphatic carbocycles. The monoisotopic (exact) mass is 372 g/mol. The van der Waals surface area contributed by atoms with Gasteiger partial charge in [-0.2, -0.15) is 0 Å². The van der Waals surface area contributed by atoms with Crippen LogP contribution in [0.15, 0.2) is 18.2 Å². The highest BCUT2D eigenvalue weighted by Crippen LogP contribution is 2.43. The van der Waals surface area contributed by atoms with Crippen LogP contribution in [0.1, 0.15) is 58.2 Å². The zero-order chi connectivity index (χ0) is 18.1. The molecule has 0 radical (unpaired) electrons. The van der Waals surface area contributed by atoms with Gasteiger partial charge in [-0.3, -0.25) is 4.79 Å². The van der Waals surface area contributed by atoms with Gasteiger partial charge in [0.15, 0.2) is 11.5 Å². The van der Waals surface area contributed by atoms with E-state index >= 15 is 0 Å². The number of aromatic nitrogens is 1. The van der Waals surface area contributed by atoms with Crippen LogP contribution in [0.4, 0.5) is 0 Å². The van der Waals surface area contributed by atoms with E-state index in [1.807, 2.05) is 25.1 Å². The second kappa shape index (κ2) is 7.27. The molecule has 1 amide bonds. The summed E-state index contributed by atoms with van der Waals surface area (Å²) in [6, 6.07) is 6.01. The van der Waals surface area contributed by atoms with Gasteiger partial charge in [-0.15, -0.1) is 11.3 Å². The van der Waals surface area contributed by atoms with Crippen LogP contribution in [-0.2, 0) is 6.42 Å².